The predicted molar refractivity (Wildman–Crippen MR) is 15.7 cm³/mol. The largest absolute Gasteiger partial charge is 0.542 e. The van der Waals surface area contributed by atoms with Gasteiger partial charge in [-0.25, -0.2) is 0 Å². The minimum Gasteiger partial charge on any atom is -0.542 e. The van der Waals surface area contributed by atoms with E-state index in [0.717, 1.165) is 6.92 Å². The molecular formula is C3H3O3-. The van der Waals surface area contributed by atoms with E-state index in [1.807, 2.05) is 0 Å². The Balaban J connectivity index is 3.57. The number of carbonyl (C=O) groups is 2. The minimum absolute atomic E-state index is 0.935. The highest BCUT2D eigenvalue weighted by Gasteiger charge is 1.85. The van der Waals surface area contributed by atoms with Gasteiger partial charge in [0.2, 0.25) is 0 Å². The van der Waals surface area contributed by atoms with E-state index in [9.17, 15) is 14.7 Å². The normalized spacial score (nSPS) is 7.50. The van der Waals surface area contributed by atoms with Crippen LogP contribution in [0.1, 0.15) is 6.92 Å². The number of carboxylic acids is 1. The van der Waals surface area contributed by atoms with E-state index in [1.165, 1.54) is 0 Å². The maximum Gasteiger partial charge on any atom is 0.175 e. The molecule has 3 heteroatoms. The number of carbonyl (C=O) groups excluding carboxylic acids is 2. The van der Waals surface area contributed by atoms with E-state index in [1.54, 1.807) is 0 Å². The molecule has 0 bridgehead atoms. The number of hydrogen-bond acceptors (Lipinski definition) is 3. The number of aliphatic carboxylic acids is 1. The lowest BCUT2D eigenvalue weighted by Crippen LogP contribution is -2.29. The van der Waals surface area contributed by atoms with E-state index >= 15 is 0 Å². The average molecular weight is 90.0 g/mol. The summed E-state index contributed by atoms with van der Waals surface area (Å²) in [7, 11) is 0. The van der Waals surface area contributed by atoms with E-state index < -0.39 is 11.8 Å². The average Bonchev–Trinajstić information content (AvgIpc) is 1.36. The molecule has 0 fully saturated rings. The highest BCUT2D eigenvalue weighted by molar-refractivity contribution is 6.30. The van der Waals surface area contributed by atoms with Crippen molar-refractivity contribution in [3.63, 3.8) is 0 Å². The van der Waals surface area contributed by atoms with E-state index in [0.29, 0.717) is 0 Å². The molecule has 0 saturated heterocycles. The molecular weight excluding hydrogens is 87.0 g/mol. The van der Waals surface area contributed by atoms with Crippen molar-refractivity contribution in [2.45, 2.75) is 6.92 Å². The molecule has 0 amide bonds. The molecule has 0 aromatic rings. The monoisotopic (exact) mass is 90.0 g/mol. The fourth-order valence-corrected chi connectivity index (χ4v) is 0. The molecule has 0 aromatic carbocycles. The lowest BCUT2D eigenvalue weighted by Gasteiger charge is -1.87. The number of rotatable bonds is 1. The number of Topliss-reactive ketones (excluding diaryl/α,β-unsaturated/α-hetero) is 1. The fraction of sp³-hybridized carbons (Fsp3) is 0.333. The summed E-state index contributed by atoms with van der Waals surface area (Å²) >= 11 is 0. The molecule has 0 aromatic heterocycles. The van der Waals surface area contributed by atoms with Crippen LogP contribution >= 0.6 is 0 Å². The Labute approximate surface area is 34.6 Å². The van der Waals surface area contributed by atoms with Gasteiger partial charge >= 0.3 is 0 Å². The smallest absolute Gasteiger partial charge is 0.175 e. The maximum atomic E-state index is 9.48. The summed E-state index contributed by atoms with van der Waals surface area (Å²) in [6.07, 6.45) is 0. The van der Waals surface area contributed by atoms with Crippen LogP contribution in [-0.2, 0) is 9.59 Å². The molecule has 0 radical (unpaired) electrons. The second kappa shape index (κ2) is 1.55. The topological polar surface area (TPSA) is 57.2 Å². The predicted octanol–water partition coefficient (Wildman–Crippen LogP) is -1.67. The zero-order valence-electron chi connectivity index (χ0n) is 3.22. The molecule has 6 heavy (non-hydrogen) atoms. The second-order valence-electron chi connectivity index (χ2n) is 0.844. The first-order chi connectivity index (χ1) is 2.64. The lowest BCUT2D eigenvalue weighted by molar-refractivity contribution is -0.299. The number of hydrogen-bond donors (Lipinski definition) is 0. The van der Waals surface area contributed by atoms with Crippen molar-refractivity contribution in [3.8, 4) is 0 Å². The molecule has 0 N–H and O–H groups in total. The van der Waals surface area contributed by atoms with Crippen LogP contribution in [0.25, 0.3) is 0 Å². The van der Waals surface area contributed by atoms with E-state index in [2.05, 4.69) is 0 Å². The van der Waals surface area contributed by atoms with Crippen LogP contribution in [0.4, 0.5) is 0 Å². The third-order valence-electron chi connectivity index (χ3n) is 0.287. The molecule has 0 rings (SSSR count). The Morgan fingerprint density at radius 3 is 1.67 bits per heavy atom. The number of ketones is 1. The van der Waals surface area contributed by atoms with Gasteiger partial charge in [-0.15, -0.1) is 0 Å². The van der Waals surface area contributed by atoms with Crippen molar-refractivity contribution in [1.29, 1.82) is 0 Å². The van der Waals surface area contributed by atoms with Crippen LogP contribution in [0.2, 0.25) is 0 Å². The molecule has 0 saturated carbocycles. The van der Waals surface area contributed by atoms with Crippen molar-refractivity contribution in [3.05, 3.63) is 0 Å². The van der Waals surface area contributed by atoms with Gasteiger partial charge in [-0.1, -0.05) is 0 Å². The summed E-state index contributed by atoms with van der Waals surface area (Å²) < 4.78 is 0. The molecule has 0 aliphatic carbocycles. The van der Waals surface area contributed by atoms with E-state index in [-0.39, 0.29) is 0 Å². The fourth-order valence-electron chi connectivity index (χ4n) is 0. The third kappa shape index (κ3) is 1.46. The molecule has 0 heterocycles. The van der Waals surface area contributed by atoms with Gasteiger partial charge in [0, 0.05) is 6.92 Å². The molecule has 0 atom stereocenters. The van der Waals surface area contributed by atoms with Crippen LogP contribution in [0.5, 0.6) is 0 Å². The molecule has 0 aliphatic heterocycles. The zero-order valence-corrected chi connectivity index (χ0v) is 3.22. The van der Waals surface area contributed by atoms with Crippen LogP contribution in [0, 0.1) is 0 Å². The lowest BCUT2D eigenvalue weighted by atomic mass is 11.4. The molecule has 3 nitrogen and oxygen atoms in total. The molecule has 0 aliphatic rings. The standard InChI is InChI=1S/C3H4O3/c1-2(4)3(5)6/h1H3,(H,5,6)/p-1/i1+1,2+1,3+1. The Morgan fingerprint density at radius 1 is 1.50 bits per heavy atom. The molecule has 0 unspecified atom stereocenters. The summed E-state index contributed by atoms with van der Waals surface area (Å²) in [6, 6.07) is 0. The van der Waals surface area contributed by atoms with Crippen molar-refractivity contribution in [1.82, 2.24) is 0 Å². The second-order valence-corrected chi connectivity index (χ2v) is 0.844. The first kappa shape index (κ1) is 5.14. The van der Waals surface area contributed by atoms with Gasteiger partial charge in [0.05, 0.1) is 0 Å². The van der Waals surface area contributed by atoms with Crippen molar-refractivity contribution in [2.75, 3.05) is 0 Å². The number of carboxylic acid groups (broad SMARTS) is 1. The SMILES string of the molecule is [13CH3][13C](=O)[13C](=O)[O-]. The third-order valence-corrected chi connectivity index (χ3v) is 0.287. The van der Waals surface area contributed by atoms with Crippen LogP contribution in [0.15, 0.2) is 0 Å². The van der Waals surface area contributed by atoms with E-state index in [4.69, 9.17) is 0 Å². The zero-order chi connectivity index (χ0) is 5.15. The maximum absolute atomic E-state index is 9.48. The molecule has 0 spiro atoms. The Kier molecular flexibility index (Phi) is 1.32. The summed E-state index contributed by atoms with van der Waals surface area (Å²) in [5.41, 5.74) is 0. The Morgan fingerprint density at radius 2 is 1.67 bits per heavy atom. The first-order valence-corrected chi connectivity index (χ1v) is 1.36. The van der Waals surface area contributed by atoms with Crippen molar-refractivity contribution < 1.29 is 14.7 Å². The van der Waals surface area contributed by atoms with Gasteiger partial charge in [-0.05, 0) is 0 Å². The Hall–Kier alpha value is -0.860. The summed E-state index contributed by atoms with van der Waals surface area (Å²) in [5.74, 6) is -2.56. The summed E-state index contributed by atoms with van der Waals surface area (Å²) in [4.78, 5) is 18.7. The van der Waals surface area contributed by atoms with Gasteiger partial charge in [0.25, 0.3) is 0 Å². The highest BCUT2D eigenvalue weighted by Crippen LogP contribution is 1.56. The van der Waals surface area contributed by atoms with Crippen LogP contribution in [-0.4, -0.2) is 11.8 Å². The van der Waals surface area contributed by atoms with Gasteiger partial charge in [-0.2, -0.15) is 0 Å². The quantitative estimate of drug-likeness (QED) is 0.285. The minimum atomic E-state index is -1.63. The van der Waals surface area contributed by atoms with Crippen LogP contribution < -0.4 is 5.11 Å². The first-order valence-electron chi connectivity index (χ1n) is 1.36. The highest BCUT2D eigenvalue weighted by atomic mass is 16.5. The van der Waals surface area contributed by atoms with Gasteiger partial charge in [0.15, 0.2) is 5.78 Å². The van der Waals surface area contributed by atoms with Crippen LogP contribution in [0.3, 0.4) is 0 Å². The Bertz CT molecular complexity index is 72.0. The van der Waals surface area contributed by atoms with Gasteiger partial charge in [-0.3, -0.25) is 4.79 Å². The molecule has 34 valence electrons. The van der Waals surface area contributed by atoms with Crippen molar-refractivity contribution >= 4 is 11.8 Å². The van der Waals surface area contributed by atoms with Crippen molar-refractivity contribution in [2.24, 2.45) is 0 Å². The van der Waals surface area contributed by atoms with Gasteiger partial charge < -0.3 is 9.90 Å². The van der Waals surface area contributed by atoms with Gasteiger partial charge in [0.1, 0.15) is 5.97 Å². The summed E-state index contributed by atoms with van der Waals surface area (Å²) in [5, 5.41) is 9.24. The summed E-state index contributed by atoms with van der Waals surface area (Å²) in [6.45, 7) is 0.940.